The smallest absolute Gasteiger partial charge is 0.0730 e. The largest absolute Gasteiger partial charge is 0.309 e. The third-order valence-electron chi connectivity index (χ3n) is 9.76. The number of para-hydroxylation sites is 3. The first kappa shape index (κ1) is 26.7. The second-order valence-corrected chi connectivity index (χ2v) is 12.4. The molecule has 0 unspecified atom stereocenters. The van der Waals surface area contributed by atoms with Crippen LogP contribution in [0.15, 0.2) is 176 Å². The maximum absolute atomic E-state index is 4.90. The van der Waals surface area contributed by atoms with E-state index in [1.54, 1.807) is 0 Å². The number of aromatic nitrogens is 3. The molecule has 0 saturated heterocycles. The predicted molar refractivity (Wildman–Crippen MR) is 201 cm³/mol. The summed E-state index contributed by atoms with van der Waals surface area (Å²) >= 11 is 0. The van der Waals surface area contributed by atoms with Crippen molar-refractivity contribution in [2.45, 2.75) is 0 Å². The minimum absolute atomic E-state index is 1.00. The fourth-order valence-corrected chi connectivity index (χ4v) is 7.54. The lowest BCUT2D eigenvalue weighted by atomic mass is 10.00. The van der Waals surface area contributed by atoms with Crippen LogP contribution in [0.2, 0.25) is 0 Å². The average molecular weight is 612 g/mol. The minimum Gasteiger partial charge on any atom is -0.309 e. The van der Waals surface area contributed by atoms with Crippen LogP contribution >= 0.6 is 0 Å². The summed E-state index contributed by atoms with van der Waals surface area (Å²) in [5, 5.41) is 6.12. The van der Waals surface area contributed by atoms with Gasteiger partial charge in [-0.05, 0) is 82.9 Å². The molecule has 0 saturated carbocycles. The monoisotopic (exact) mass is 611 g/mol. The summed E-state index contributed by atoms with van der Waals surface area (Å²) in [6, 6.07) is 61.1. The zero-order chi connectivity index (χ0) is 31.6. The fraction of sp³-hybridized carbons (Fsp3) is 0. The molecule has 0 radical (unpaired) electrons. The van der Waals surface area contributed by atoms with Crippen molar-refractivity contribution in [2.24, 2.45) is 0 Å². The van der Waals surface area contributed by atoms with E-state index in [0.29, 0.717) is 0 Å². The van der Waals surface area contributed by atoms with Gasteiger partial charge in [0.2, 0.25) is 0 Å². The van der Waals surface area contributed by atoms with Crippen molar-refractivity contribution < 1.29 is 0 Å². The molecule has 7 aromatic carbocycles. The molecule has 0 spiro atoms. The number of nitrogens with zero attached hydrogens (tertiary/aromatic N) is 3. The molecule has 0 amide bonds. The van der Waals surface area contributed by atoms with Gasteiger partial charge in [-0.3, -0.25) is 4.98 Å². The molecule has 0 atom stereocenters. The van der Waals surface area contributed by atoms with Gasteiger partial charge in [-0.25, -0.2) is 0 Å². The first-order valence-corrected chi connectivity index (χ1v) is 16.4. The van der Waals surface area contributed by atoms with E-state index in [-0.39, 0.29) is 0 Å². The van der Waals surface area contributed by atoms with E-state index in [1.165, 1.54) is 66.0 Å². The Morgan fingerprint density at radius 2 is 0.854 bits per heavy atom. The Morgan fingerprint density at radius 3 is 1.62 bits per heavy atom. The molecule has 0 N–H and O–H groups in total. The molecule has 3 heterocycles. The highest BCUT2D eigenvalue weighted by molar-refractivity contribution is 6.21. The zero-order valence-electron chi connectivity index (χ0n) is 26.1. The lowest BCUT2D eigenvalue weighted by Gasteiger charge is -2.10. The summed E-state index contributed by atoms with van der Waals surface area (Å²) in [4.78, 5) is 4.90. The van der Waals surface area contributed by atoms with E-state index in [0.717, 1.165) is 22.1 Å². The maximum atomic E-state index is 4.90. The van der Waals surface area contributed by atoms with Crippen LogP contribution in [-0.2, 0) is 0 Å². The summed E-state index contributed by atoms with van der Waals surface area (Å²) in [6.45, 7) is 0. The van der Waals surface area contributed by atoms with Crippen LogP contribution in [0.4, 0.5) is 0 Å². The number of hydrogen-bond acceptors (Lipinski definition) is 1. The van der Waals surface area contributed by atoms with Gasteiger partial charge in [0.05, 0.1) is 33.8 Å². The van der Waals surface area contributed by atoms with Crippen LogP contribution in [0.5, 0.6) is 0 Å². The highest BCUT2D eigenvalue weighted by Crippen LogP contribution is 2.40. The van der Waals surface area contributed by atoms with Crippen molar-refractivity contribution in [3.05, 3.63) is 176 Å². The van der Waals surface area contributed by atoms with Gasteiger partial charge in [-0.15, -0.1) is 0 Å². The molecule has 3 aromatic heterocycles. The maximum Gasteiger partial charge on any atom is 0.0730 e. The van der Waals surface area contributed by atoms with Crippen LogP contribution in [0, 0.1) is 0 Å². The third kappa shape index (κ3) is 4.04. The Labute approximate surface area is 277 Å². The van der Waals surface area contributed by atoms with E-state index >= 15 is 0 Å². The highest BCUT2D eigenvalue weighted by atomic mass is 15.0. The van der Waals surface area contributed by atoms with Gasteiger partial charge in [0, 0.05) is 38.3 Å². The van der Waals surface area contributed by atoms with Crippen LogP contribution in [0.3, 0.4) is 0 Å². The second-order valence-electron chi connectivity index (χ2n) is 12.4. The lowest BCUT2D eigenvalue weighted by molar-refractivity contribution is 1.17. The van der Waals surface area contributed by atoms with Gasteiger partial charge < -0.3 is 9.13 Å². The molecule has 3 nitrogen and oxygen atoms in total. The number of pyridine rings is 1. The van der Waals surface area contributed by atoms with Gasteiger partial charge in [-0.2, -0.15) is 0 Å². The number of fused-ring (bicyclic) bond motifs is 8. The third-order valence-corrected chi connectivity index (χ3v) is 9.76. The molecular weight excluding hydrogens is 583 g/mol. The van der Waals surface area contributed by atoms with Crippen molar-refractivity contribution in [1.82, 2.24) is 14.1 Å². The minimum atomic E-state index is 1.00. The Hall–Kier alpha value is -6.45. The normalized spacial score (nSPS) is 11.8. The standard InChI is InChI=1S/C45H29N3/c1-3-11-30(12-4-1)31-19-23-35(24-20-31)48-43-26-22-33(28-39(43)45-37-16-7-9-17-40(37)46-29-44(45)48)32-21-25-42-38(27-32)36-15-8-10-18-41(36)47(42)34-13-5-2-6-14-34/h1-29H. The highest BCUT2D eigenvalue weighted by Gasteiger charge is 2.18. The van der Waals surface area contributed by atoms with Crippen molar-refractivity contribution in [2.75, 3.05) is 0 Å². The zero-order valence-corrected chi connectivity index (χ0v) is 26.1. The fourth-order valence-electron chi connectivity index (χ4n) is 7.54. The lowest BCUT2D eigenvalue weighted by Crippen LogP contribution is -1.94. The molecule has 0 aliphatic carbocycles. The Morgan fingerprint density at radius 1 is 0.333 bits per heavy atom. The topological polar surface area (TPSA) is 22.8 Å². The number of benzene rings is 7. The quantitative estimate of drug-likeness (QED) is 0.194. The molecule has 0 bridgehead atoms. The van der Waals surface area contributed by atoms with Gasteiger partial charge in [-0.1, -0.05) is 109 Å². The van der Waals surface area contributed by atoms with E-state index in [9.17, 15) is 0 Å². The van der Waals surface area contributed by atoms with Crippen LogP contribution in [0.25, 0.3) is 88.1 Å². The molecule has 0 fully saturated rings. The van der Waals surface area contributed by atoms with Crippen LogP contribution < -0.4 is 0 Å². The number of hydrogen-bond donors (Lipinski definition) is 0. The van der Waals surface area contributed by atoms with E-state index in [2.05, 4.69) is 179 Å². The SMILES string of the molecule is c1ccc(-c2ccc(-n3c4ccc(-c5ccc6c(c5)c5ccccc5n6-c5ccccc5)cc4c4c5ccccc5ncc43)cc2)cc1. The van der Waals surface area contributed by atoms with E-state index < -0.39 is 0 Å². The summed E-state index contributed by atoms with van der Waals surface area (Å²) in [7, 11) is 0. The molecule has 224 valence electrons. The first-order chi connectivity index (χ1) is 23.8. The van der Waals surface area contributed by atoms with Crippen molar-refractivity contribution in [3.8, 4) is 33.6 Å². The summed E-state index contributed by atoms with van der Waals surface area (Å²) in [6.07, 6.45) is 2.03. The molecule has 10 rings (SSSR count). The summed E-state index contributed by atoms with van der Waals surface area (Å²) < 4.78 is 4.73. The van der Waals surface area contributed by atoms with Crippen molar-refractivity contribution in [1.29, 1.82) is 0 Å². The van der Waals surface area contributed by atoms with Crippen molar-refractivity contribution in [3.63, 3.8) is 0 Å². The van der Waals surface area contributed by atoms with Crippen molar-refractivity contribution >= 4 is 54.5 Å². The molecule has 0 aliphatic rings. The Bertz CT molecular complexity index is 2810. The molecule has 48 heavy (non-hydrogen) atoms. The Balaban J connectivity index is 1.19. The van der Waals surface area contributed by atoms with Crippen LogP contribution in [0.1, 0.15) is 0 Å². The van der Waals surface area contributed by atoms with E-state index in [1.807, 2.05) is 6.20 Å². The van der Waals surface area contributed by atoms with Gasteiger partial charge in [0.15, 0.2) is 0 Å². The average Bonchev–Trinajstić information content (AvgIpc) is 3.68. The summed E-state index contributed by atoms with van der Waals surface area (Å²) in [5.74, 6) is 0. The molecule has 10 aromatic rings. The predicted octanol–water partition coefficient (Wildman–Crippen LogP) is 11.8. The van der Waals surface area contributed by atoms with Gasteiger partial charge in [0.25, 0.3) is 0 Å². The molecule has 0 aliphatic heterocycles. The first-order valence-electron chi connectivity index (χ1n) is 16.4. The van der Waals surface area contributed by atoms with Gasteiger partial charge in [0.1, 0.15) is 0 Å². The number of rotatable bonds is 4. The van der Waals surface area contributed by atoms with E-state index in [4.69, 9.17) is 4.98 Å². The van der Waals surface area contributed by atoms with Crippen LogP contribution in [-0.4, -0.2) is 14.1 Å². The second kappa shape index (κ2) is 10.5. The molecule has 3 heteroatoms. The molecular formula is C45H29N3. The van der Waals surface area contributed by atoms with Gasteiger partial charge >= 0.3 is 0 Å². The Kier molecular flexibility index (Phi) is 5.87. The summed E-state index contributed by atoms with van der Waals surface area (Å²) in [5.41, 5.74) is 12.8.